The van der Waals surface area contributed by atoms with Crippen LogP contribution in [0.1, 0.15) is 13.8 Å². The molecule has 0 fully saturated rings. The van der Waals surface area contributed by atoms with Crippen molar-refractivity contribution in [2.45, 2.75) is 13.8 Å². The van der Waals surface area contributed by atoms with Gasteiger partial charge in [0, 0.05) is 13.1 Å². The molecule has 94 valence electrons. The van der Waals surface area contributed by atoms with Gasteiger partial charge in [-0.25, -0.2) is 5.01 Å². The van der Waals surface area contributed by atoms with E-state index in [-0.39, 0.29) is 0 Å². The summed E-state index contributed by atoms with van der Waals surface area (Å²) in [6.45, 7) is 6.34. The summed E-state index contributed by atoms with van der Waals surface area (Å²) in [5.74, 6) is 0. The maximum atomic E-state index is 2.32. The minimum atomic E-state index is 0.986. The minimum absolute atomic E-state index is 0.986. The second kappa shape index (κ2) is 6.22. The first kappa shape index (κ1) is 12.7. The molecule has 0 saturated heterocycles. The van der Waals surface area contributed by atoms with E-state index in [1.54, 1.807) is 0 Å². The molecule has 18 heavy (non-hydrogen) atoms. The van der Waals surface area contributed by atoms with Crippen LogP contribution in [0.15, 0.2) is 60.7 Å². The summed E-state index contributed by atoms with van der Waals surface area (Å²) in [6.07, 6.45) is 0. The Labute approximate surface area is 109 Å². The van der Waals surface area contributed by atoms with E-state index in [1.807, 2.05) is 0 Å². The van der Waals surface area contributed by atoms with Gasteiger partial charge in [0.05, 0.1) is 11.4 Å². The number of para-hydroxylation sites is 2. The molecule has 0 radical (unpaired) electrons. The molecule has 0 amide bonds. The Morgan fingerprint density at radius 1 is 0.667 bits per heavy atom. The van der Waals surface area contributed by atoms with E-state index >= 15 is 0 Å². The molecule has 0 N–H and O–H groups in total. The van der Waals surface area contributed by atoms with E-state index in [9.17, 15) is 0 Å². The largest absolute Gasteiger partial charge is 0.274 e. The van der Waals surface area contributed by atoms with Gasteiger partial charge in [-0.15, -0.1) is 0 Å². The lowest BCUT2D eigenvalue weighted by Gasteiger charge is -2.35. The number of hydrogen-bond donors (Lipinski definition) is 0. The highest BCUT2D eigenvalue weighted by atomic mass is 15.6. The van der Waals surface area contributed by atoms with Crippen molar-refractivity contribution in [1.82, 2.24) is 5.01 Å². The van der Waals surface area contributed by atoms with E-state index in [2.05, 4.69) is 84.5 Å². The fourth-order valence-electron chi connectivity index (χ4n) is 2.12. The summed E-state index contributed by atoms with van der Waals surface area (Å²) in [7, 11) is 0. The van der Waals surface area contributed by atoms with Crippen molar-refractivity contribution in [2.24, 2.45) is 0 Å². The van der Waals surface area contributed by atoms with Gasteiger partial charge in [-0.1, -0.05) is 50.2 Å². The van der Waals surface area contributed by atoms with Gasteiger partial charge in [-0.2, -0.15) is 0 Å². The lowest BCUT2D eigenvalue weighted by Crippen LogP contribution is -2.39. The second-order valence-electron chi connectivity index (χ2n) is 4.12. The molecule has 0 heterocycles. The topological polar surface area (TPSA) is 6.48 Å². The quantitative estimate of drug-likeness (QED) is 0.726. The predicted octanol–water partition coefficient (Wildman–Crippen LogP) is 4.08. The number of benzene rings is 2. The Morgan fingerprint density at radius 2 is 1.06 bits per heavy atom. The van der Waals surface area contributed by atoms with Crippen molar-refractivity contribution in [3.05, 3.63) is 60.7 Å². The summed E-state index contributed by atoms with van der Waals surface area (Å²) < 4.78 is 0. The third-order valence-corrected chi connectivity index (χ3v) is 3.01. The van der Waals surface area contributed by atoms with Gasteiger partial charge in [0.25, 0.3) is 0 Å². The third kappa shape index (κ3) is 2.71. The SMILES string of the molecule is CCN(CC)N(c1ccccc1)c1ccccc1. The number of rotatable bonds is 5. The molecule has 0 bridgehead atoms. The van der Waals surface area contributed by atoms with Crippen molar-refractivity contribution in [1.29, 1.82) is 0 Å². The zero-order chi connectivity index (χ0) is 12.8. The van der Waals surface area contributed by atoms with E-state index in [0.717, 1.165) is 13.1 Å². The van der Waals surface area contributed by atoms with Crippen LogP contribution in [0, 0.1) is 0 Å². The fraction of sp³-hybridized carbons (Fsp3) is 0.250. The zero-order valence-electron chi connectivity index (χ0n) is 11.1. The number of hydrazine groups is 1. The first-order valence-corrected chi connectivity index (χ1v) is 6.52. The Balaban J connectivity index is 2.41. The number of anilines is 2. The maximum absolute atomic E-state index is 2.32. The Bertz CT molecular complexity index is 410. The molecule has 2 aromatic carbocycles. The highest BCUT2D eigenvalue weighted by molar-refractivity contribution is 5.61. The van der Waals surface area contributed by atoms with Crippen LogP contribution in [0.4, 0.5) is 11.4 Å². The first-order valence-electron chi connectivity index (χ1n) is 6.52. The monoisotopic (exact) mass is 240 g/mol. The molecular formula is C16H20N2. The van der Waals surface area contributed by atoms with Crippen LogP contribution in [-0.4, -0.2) is 18.1 Å². The lowest BCUT2D eigenvalue weighted by atomic mass is 10.2. The second-order valence-corrected chi connectivity index (χ2v) is 4.12. The van der Waals surface area contributed by atoms with Gasteiger partial charge in [0.15, 0.2) is 0 Å². The Hall–Kier alpha value is -1.80. The molecule has 2 aromatic rings. The third-order valence-electron chi connectivity index (χ3n) is 3.01. The molecule has 2 nitrogen and oxygen atoms in total. The Kier molecular flexibility index (Phi) is 4.37. The van der Waals surface area contributed by atoms with Crippen LogP contribution < -0.4 is 5.01 Å². The average Bonchev–Trinajstić information content (AvgIpc) is 2.46. The van der Waals surface area contributed by atoms with E-state index in [1.165, 1.54) is 11.4 Å². The van der Waals surface area contributed by atoms with Gasteiger partial charge in [0.1, 0.15) is 0 Å². The molecule has 0 aliphatic rings. The summed E-state index contributed by atoms with van der Waals surface area (Å²) in [5.41, 5.74) is 2.40. The molecule has 2 rings (SSSR count). The zero-order valence-corrected chi connectivity index (χ0v) is 11.1. The van der Waals surface area contributed by atoms with Gasteiger partial charge in [-0.05, 0) is 24.3 Å². The molecule has 0 saturated carbocycles. The standard InChI is InChI=1S/C16H20N2/c1-3-17(4-2)18(15-11-7-5-8-12-15)16-13-9-6-10-14-16/h5-14H,3-4H2,1-2H3. The van der Waals surface area contributed by atoms with Crippen LogP contribution in [-0.2, 0) is 0 Å². The van der Waals surface area contributed by atoms with Gasteiger partial charge < -0.3 is 0 Å². The highest BCUT2D eigenvalue weighted by Gasteiger charge is 2.14. The van der Waals surface area contributed by atoms with Crippen molar-refractivity contribution in [2.75, 3.05) is 18.1 Å². The molecular weight excluding hydrogens is 220 g/mol. The van der Waals surface area contributed by atoms with Crippen LogP contribution in [0.25, 0.3) is 0 Å². The van der Waals surface area contributed by atoms with Gasteiger partial charge >= 0.3 is 0 Å². The molecule has 0 atom stereocenters. The summed E-state index contributed by atoms with van der Waals surface area (Å²) in [5, 5.41) is 4.60. The molecule has 2 heteroatoms. The summed E-state index contributed by atoms with van der Waals surface area (Å²) >= 11 is 0. The minimum Gasteiger partial charge on any atom is -0.274 e. The van der Waals surface area contributed by atoms with Crippen LogP contribution in [0.5, 0.6) is 0 Å². The summed E-state index contributed by atoms with van der Waals surface area (Å²) in [6, 6.07) is 21.0. The summed E-state index contributed by atoms with van der Waals surface area (Å²) in [4.78, 5) is 0. The molecule has 0 aliphatic carbocycles. The van der Waals surface area contributed by atoms with Gasteiger partial charge in [-0.3, -0.25) is 5.01 Å². The van der Waals surface area contributed by atoms with Crippen molar-refractivity contribution in [3.8, 4) is 0 Å². The molecule has 0 aliphatic heterocycles. The highest BCUT2D eigenvalue weighted by Crippen LogP contribution is 2.26. The lowest BCUT2D eigenvalue weighted by molar-refractivity contribution is 0.309. The number of nitrogens with zero attached hydrogens (tertiary/aromatic N) is 2. The van der Waals surface area contributed by atoms with Crippen molar-refractivity contribution in [3.63, 3.8) is 0 Å². The molecule has 0 spiro atoms. The predicted molar refractivity (Wildman–Crippen MR) is 77.9 cm³/mol. The maximum Gasteiger partial charge on any atom is 0.0580 e. The first-order chi connectivity index (χ1) is 8.86. The van der Waals surface area contributed by atoms with Crippen LogP contribution in [0.3, 0.4) is 0 Å². The van der Waals surface area contributed by atoms with Crippen LogP contribution >= 0.6 is 0 Å². The molecule has 0 aromatic heterocycles. The normalized spacial score (nSPS) is 10.6. The van der Waals surface area contributed by atoms with Gasteiger partial charge in [0.2, 0.25) is 0 Å². The van der Waals surface area contributed by atoms with Crippen molar-refractivity contribution >= 4 is 11.4 Å². The van der Waals surface area contributed by atoms with Crippen LogP contribution in [0.2, 0.25) is 0 Å². The fourth-order valence-corrected chi connectivity index (χ4v) is 2.12. The molecule has 0 unspecified atom stereocenters. The van der Waals surface area contributed by atoms with E-state index in [0.29, 0.717) is 0 Å². The van der Waals surface area contributed by atoms with Crippen molar-refractivity contribution < 1.29 is 0 Å². The smallest absolute Gasteiger partial charge is 0.0580 e. The number of hydrogen-bond acceptors (Lipinski definition) is 2. The van der Waals surface area contributed by atoms with E-state index < -0.39 is 0 Å². The van der Waals surface area contributed by atoms with E-state index in [4.69, 9.17) is 0 Å². The Morgan fingerprint density at radius 3 is 1.39 bits per heavy atom. The average molecular weight is 240 g/mol.